The minimum atomic E-state index is -3.17. The largest absolute Gasteiger partial charge is 0.330 e. The molecule has 0 saturated heterocycles. The molecule has 0 aliphatic heterocycles. The predicted molar refractivity (Wildman–Crippen MR) is 75.3 cm³/mol. The first kappa shape index (κ1) is 15.2. The van der Waals surface area contributed by atoms with Gasteiger partial charge in [0.1, 0.15) is 0 Å². The third kappa shape index (κ3) is 3.56. The zero-order valence-electron chi connectivity index (χ0n) is 11.6. The van der Waals surface area contributed by atoms with Crippen molar-refractivity contribution in [2.45, 2.75) is 44.3 Å². The van der Waals surface area contributed by atoms with E-state index in [0.717, 1.165) is 12.0 Å². The summed E-state index contributed by atoms with van der Waals surface area (Å²) in [5.41, 5.74) is 6.86. The third-order valence-electron chi connectivity index (χ3n) is 3.11. The van der Waals surface area contributed by atoms with Crippen molar-refractivity contribution in [3.05, 3.63) is 29.8 Å². The molecule has 102 valence electrons. The van der Waals surface area contributed by atoms with Gasteiger partial charge in [-0.2, -0.15) is 0 Å². The van der Waals surface area contributed by atoms with Gasteiger partial charge in [-0.1, -0.05) is 26.0 Å². The zero-order chi connectivity index (χ0) is 14.0. The molecule has 0 fully saturated rings. The normalized spacial score (nSPS) is 13.0. The fraction of sp³-hybridized carbons (Fsp3) is 0.571. The Balaban J connectivity index is 2.94. The molecule has 1 rings (SSSR count). The van der Waals surface area contributed by atoms with Crippen LogP contribution in [0.15, 0.2) is 29.2 Å². The lowest BCUT2D eigenvalue weighted by molar-refractivity contribution is 0.376. The van der Waals surface area contributed by atoms with Gasteiger partial charge >= 0.3 is 0 Å². The van der Waals surface area contributed by atoms with E-state index in [9.17, 15) is 8.42 Å². The summed E-state index contributed by atoms with van der Waals surface area (Å²) in [6, 6.07) is 7.15. The van der Waals surface area contributed by atoms with E-state index in [1.807, 2.05) is 12.1 Å². The molecule has 1 aromatic rings. The second kappa shape index (κ2) is 5.41. The molecule has 18 heavy (non-hydrogen) atoms. The van der Waals surface area contributed by atoms with Crippen LogP contribution in [-0.4, -0.2) is 20.2 Å². The summed E-state index contributed by atoms with van der Waals surface area (Å²) in [7, 11) is -3.17. The van der Waals surface area contributed by atoms with Crippen molar-refractivity contribution in [3.8, 4) is 0 Å². The summed E-state index contributed by atoms with van der Waals surface area (Å²) in [6.07, 6.45) is 0.853. The smallest absolute Gasteiger partial charge is 0.180 e. The van der Waals surface area contributed by atoms with Crippen LogP contribution in [0.3, 0.4) is 0 Å². The lowest BCUT2D eigenvalue weighted by atomic mass is 9.86. The van der Waals surface area contributed by atoms with Gasteiger partial charge in [-0.25, -0.2) is 8.42 Å². The fourth-order valence-electron chi connectivity index (χ4n) is 1.69. The molecule has 3 nitrogen and oxygen atoms in total. The van der Waals surface area contributed by atoms with Gasteiger partial charge in [0.2, 0.25) is 0 Å². The lowest BCUT2D eigenvalue weighted by Crippen LogP contribution is -2.25. The molecule has 4 heteroatoms. The standard InChI is InChI=1S/C14H23NO2S/c1-11(2)18(16,17)13-7-5-12(6-8-13)9-14(3,4)10-15/h5-8,11H,9-10,15H2,1-4H3. The Bertz CT molecular complexity index is 487. The topological polar surface area (TPSA) is 60.2 Å². The summed E-state index contributed by atoms with van der Waals surface area (Å²) in [5.74, 6) is 0. The van der Waals surface area contributed by atoms with Crippen LogP contribution in [0.25, 0.3) is 0 Å². The molecule has 0 spiro atoms. The molecule has 1 aromatic carbocycles. The quantitative estimate of drug-likeness (QED) is 0.893. The first-order valence-electron chi connectivity index (χ1n) is 6.22. The van der Waals surface area contributed by atoms with Gasteiger partial charge in [-0.3, -0.25) is 0 Å². The van der Waals surface area contributed by atoms with E-state index in [1.165, 1.54) is 0 Å². The Morgan fingerprint density at radius 3 is 2.06 bits per heavy atom. The molecule has 0 aromatic heterocycles. The summed E-state index contributed by atoms with van der Waals surface area (Å²) in [4.78, 5) is 0.395. The molecule has 2 N–H and O–H groups in total. The van der Waals surface area contributed by atoms with Crippen LogP contribution in [0.4, 0.5) is 0 Å². The van der Waals surface area contributed by atoms with E-state index in [4.69, 9.17) is 5.73 Å². The van der Waals surface area contributed by atoms with E-state index >= 15 is 0 Å². The fourth-order valence-corrected chi connectivity index (χ4v) is 2.75. The van der Waals surface area contributed by atoms with Gasteiger partial charge in [0.15, 0.2) is 9.84 Å². The first-order valence-corrected chi connectivity index (χ1v) is 7.76. The summed E-state index contributed by atoms with van der Waals surface area (Å²) < 4.78 is 23.9. The second-order valence-corrected chi connectivity index (χ2v) is 8.29. The highest BCUT2D eigenvalue weighted by molar-refractivity contribution is 7.92. The zero-order valence-corrected chi connectivity index (χ0v) is 12.4. The molecule has 0 unspecified atom stereocenters. The first-order chi connectivity index (χ1) is 8.19. The Morgan fingerprint density at radius 1 is 1.17 bits per heavy atom. The van der Waals surface area contributed by atoms with Crippen molar-refractivity contribution < 1.29 is 8.42 Å². The van der Waals surface area contributed by atoms with E-state index in [1.54, 1.807) is 26.0 Å². The van der Waals surface area contributed by atoms with Crippen LogP contribution in [0, 0.1) is 5.41 Å². The van der Waals surface area contributed by atoms with Crippen LogP contribution in [0.1, 0.15) is 33.3 Å². The number of rotatable bonds is 5. The molecular weight excluding hydrogens is 246 g/mol. The van der Waals surface area contributed by atoms with Crippen LogP contribution >= 0.6 is 0 Å². The van der Waals surface area contributed by atoms with Crippen molar-refractivity contribution in [1.29, 1.82) is 0 Å². The summed E-state index contributed by atoms with van der Waals surface area (Å²) >= 11 is 0. The Hall–Kier alpha value is -0.870. The maximum Gasteiger partial charge on any atom is 0.180 e. The molecule has 0 aliphatic rings. The van der Waals surface area contributed by atoms with Gasteiger partial charge in [-0.05, 0) is 49.9 Å². The highest BCUT2D eigenvalue weighted by Crippen LogP contribution is 2.22. The van der Waals surface area contributed by atoms with Gasteiger partial charge in [0, 0.05) is 0 Å². The van der Waals surface area contributed by atoms with E-state index in [2.05, 4.69) is 13.8 Å². The Morgan fingerprint density at radius 2 is 1.67 bits per heavy atom. The average molecular weight is 269 g/mol. The molecule has 0 atom stereocenters. The van der Waals surface area contributed by atoms with Crippen LogP contribution in [0.5, 0.6) is 0 Å². The lowest BCUT2D eigenvalue weighted by Gasteiger charge is -2.22. The van der Waals surface area contributed by atoms with Gasteiger partial charge in [0.05, 0.1) is 10.1 Å². The molecule has 0 amide bonds. The van der Waals surface area contributed by atoms with E-state index in [0.29, 0.717) is 11.4 Å². The molecule has 0 aliphatic carbocycles. The summed E-state index contributed by atoms with van der Waals surface area (Å²) in [5, 5.41) is -0.385. The number of benzene rings is 1. The number of nitrogens with two attached hydrogens (primary N) is 1. The maximum absolute atomic E-state index is 12.0. The van der Waals surface area contributed by atoms with Crippen molar-refractivity contribution in [3.63, 3.8) is 0 Å². The predicted octanol–water partition coefficient (Wildman–Crippen LogP) is 2.40. The van der Waals surface area contributed by atoms with Gasteiger partial charge in [-0.15, -0.1) is 0 Å². The van der Waals surface area contributed by atoms with Crippen molar-refractivity contribution in [2.24, 2.45) is 11.1 Å². The molecular formula is C14H23NO2S. The van der Waals surface area contributed by atoms with Gasteiger partial charge in [0.25, 0.3) is 0 Å². The van der Waals surface area contributed by atoms with Crippen LogP contribution < -0.4 is 5.73 Å². The SMILES string of the molecule is CC(C)S(=O)(=O)c1ccc(CC(C)(C)CN)cc1. The van der Waals surface area contributed by atoms with E-state index < -0.39 is 9.84 Å². The van der Waals surface area contributed by atoms with E-state index in [-0.39, 0.29) is 10.7 Å². The molecule has 0 radical (unpaired) electrons. The van der Waals surface area contributed by atoms with Crippen molar-refractivity contribution >= 4 is 9.84 Å². The minimum absolute atomic E-state index is 0.0401. The third-order valence-corrected chi connectivity index (χ3v) is 5.28. The Labute approximate surface area is 110 Å². The van der Waals surface area contributed by atoms with Gasteiger partial charge < -0.3 is 5.73 Å². The average Bonchev–Trinajstić information content (AvgIpc) is 2.29. The number of hydrogen-bond donors (Lipinski definition) is 1. The number of sulfone groups is 1. The summed E-state index contributed by atoms with van der Waals surface area (Å²) in [6.45, 7) is 8.21. The number of hydrogen-bond acceptors (Lipinski definition) is 3. The maximum atomic E-state index is 12.0. The van der Waals surface area contributed by atoms with Crippen molar-refractivity contribution in [1.82, 2.24) is 0 Å². The van der Waals surface area contributed by atoms with Crippen LogP contribution in [-0.2, 0) is 16.3 Å². The molecule has 0 heterocycles. The Kier molecular flexibility index (Phi) is 4.56. The highest BCUT2D eigenvalue weighted by atomic mass is 32.2. The highest BCUT2D eigenvalue weighted by Gasteiger charge is 2.20. The second-order valence-electron chi connectivity index (χ2n) is 5.78. The monoisotopic (exact) mass is 269 g/mol. The van der Waals surface area contributed by atoms with Crippen molar-refractivity contribution in [2.75, 3.05) is 6.54 Å². The molecule has 0 saturated carbocycles. The minimum Gasteiger partial charge on any atom is -0.330 e. The molecule has 0 bridgehead atoms. The van der Waals surface area contributed by atoms with Crippen LogP contribution in [0.2, 0.25) is 0 Å².